The fourth-order valence-corrected chi connectivity index (χ4v) is 5.14. The number of hydrogen-bond donors (Lipinski definition) is 1. The Morgan fingerprint density at radius 3 is 2.67 bits per heavy atom. The van der Waals surface area contributed by atoms with E-state index in [1.54, 1.807) is 12.3 Å². The fourth-order valence-electron chi connectivity index (χ4n) is 3.91. The SMILES string of the molecule is CC.N#CC(=O)C(SC1=CC=CCC1)C1=C(NC2C=C(C(F)(F)F)CCCC2)N=CCCC1. The highest BCUT2D eigenvalue weighted by Crippen LogP contribution is 2.37. The molecule has 3 rings (SSSR count). The lowest BCUT2D eigenvalue weighted by Gasteiger charge is -2.23. The summed E-state index contributed by atoms with van der Waals surface area (Å²) in [7, 11) is 0. The third-order valence-corrected chi connectivity index (χ3v) is 6.89. The number of Topliss-reactive ketones (excluding diaryl/α,β-unsaturated/α-hetero) is 1. The van der Waals surface area contributed by atoms with E-state index < -0.39 is 28.8 Å². The van der Waals surface area contributed by atoms with Crippen molar-refractivity contribution < 1.29 is 18.0 Å². The quantitative estimate of drug-likeness (QED) is 0.331. The summed E-state index contributed by atoms with van der Waals surface area (Å²) in [5.74, 6) is -0.116. The van der Waals surface area contributed by atoms with Crippen molar-refractivity contribution in [1.82, 2.24) is 5.32 Å². The van der Waals surface area contributed by atoms with E-state index in [2.05, 4.69) is 10.3 Å². The molecule has 2 atom stereocenters. The maximum Gasteiger partial charge on any atom is 0.412 e. The van der Waals surface area contributed by atoms with Crippen molar-refractivity contribution >= 4 is 23.8 Å². The fraction of sp³-hybridized carbons (Fsp3) is 0.560. The van der Waals surface area contributed by atoms with Crippen molar-refractivity contribution in [3.8, 4) is 6.07 Å². The second-order valence-corrected chi connectivity index (χ2v) is 9.07. The van der Waals surface area contributed by atoms with Gasteiger partial charge >= 0.3 is 6.18 Å². The minimum atomic E-state index is -4.34. The number of aliphatic imine (C=N–C) groups is 1. The molecule has 0 bridgehead atoms. The molecule has 0 spiro atoms. The Morgan fingerprint density at radius 2 is 2.00 bits per heavy atom. The van der Waals surface area contributed by atoms with Crippen LogP contribution in [0.5, 0.6) is 0 Å². The predicted molar refractivity (Wildman–Crippen MR) is 129 cm³/mol. The molecule has 0 radical (unpaired) electrons. The van der Waals surface area contributed by atoms with Crippen LogP contribution in [0, 0.1) is 11.3 Å². The highest BCUT2D eigenvalue weighted by Gasteiger charge is 2.35. The van der Waals surface area contributed by atoms with E-state index in [9.17, 15) is 23.2 Å². The Kier molecular flexibility index (Phi) is 11.0. The second kappa shape index (κ2) is 13.4. The van der Waals surface area contributed by atoms with Crippen molar-refractivity contribution in [2.24, 2.45) is 4.99 Å². The van der Waals surface area contributed by atoms with Crippen LogP contribution in [-0.4, -0.2) is 29.5 Å². The van der Waals surface area contributed by atoms with E-state index in [0.29, 0.717) is 43.5 Å². The number of rotatable bonds is 6. The first-order chi connectivity index (χ1) is 15.9. The molecule has 0 aromatic heterocycles. The molecule has 180 valence electrons. The Labute approximate surface area is 198 Å². The van der Waals surface area contributed by atoms with Crippen molar-refractivity contribution in [2.45, 2.75) is 89.1 Å². The van der Waals surface area contributed by atoms with Gasteiger partial charge in [-0.1, -0.05) is 44.6 Å². The lowest BCUT2D eigenvalue weighted by Crippen LogP contribution is -2.30. The Hall–Kier alpha value is -2.27. The van der Waals surface area contributed by atoms with Gasteiger partial charge in [-0.15, -0.1) is 11.8 Å². The van der Waals surface area contributed by atoms with Crippen molar-refractivity contribution in [2.75, 3.05) is 0 Å². The summed E-state index contributed by atoms with van der Waals surface area (Å²) in [6, 6.07) is 1.24. The third-order valence-electron chi connectivity index (χ3n) is 5.51. The molecule has 1 N–H and O–H groups in total. The van der Waals surface area contributed by atoms with E-state index >= 15 is 0 Å². The summed E-state index contributed by atoms with van der Waals surface area (Å²) in [6.07, 6.45) is 10.1. The van der Waals surface area contributed by atoms with Crippen LogP contribution in [0.4, 0.5) is 13.2 Å². The molecule has 4 nitrogen and oxygen atoms in total. The number of nitriles is 1. The number of carbonyl (C=O) groups excluding carboxylic acids is 1. The van der Waals surface area contributed by atoms with Crippen molar-refractivity contribution in [1.29, 1.82) is 5.26 Å². The van der Waals surface area contributed by atoms with E-state index in [4.69, 9.17) is 0 Å². The molecule has 0 saturated heterocycles. The summed E-state index contributed by atoms with van der Waals surface area (Å²) < 4.78 is 40.0. The smallest absolute Gasteiger partial charge is 0.364 e. The van der Waals surface area contributed by atoms with Gasteiger partial charge in [-0.05, 0) is 61.8 Å². The minimum absolute atomic E-state index is 0.0178. The van der Waals surface area contributed by atoms with Gasteiger partial charge < -0.3 is 5.32 Å². The van der Waals surface area contributed by atoms with Gasteiger partial charge in [-0.25, -0.2) is 4.99 Å². The molecule has 33 heavy (non-hydrogen) atoms. The molecule has 0 aromatic rings. The molecule has 2 unspecified atom stereocenters. The second-order valence-electron chi connectivity index (χ2n) is 7.84. The standard InChI is InChI=1S/C23H26F3N3OS.C2H6/c24-23(25,26)16-8-4-5-9-17(14-16)29-22-19(12-6-7-13-28-22)21(20(30)15-27)31-18-10-2-1-3-11-18;1-2/h1-2,10,13-14,17,21,29H,3-9,11-12H2;1-2H3. The summed E-state index contributed by atoms with van der Waals surface area (Å²) in [5, 5.41) is 11.8. The first kappa shape index (κ1) is 27.0. The maximum absolute atomic E-state index is 13.3. The van der Waals surface area contributed by atoms with Crippen LogP contribution in [0.25, 0.3) is 0 Å². The Morgan fingerprint density at radius 1 is 1.21 bits per heavy atom. The third kappa shape index (κ3) is 8.22. The van der Waals surface area contributed by atoms with Gasteiger partial charge in [0.1, 0.15) is 17.1 Å². The number of hydrogen-bond acceptors (Lipinski definition) is 5. The van der Waals surface area contributed by atoms with E-state index in [0.717, 1.165) is 24.2 Å². The molecular formula is C25H32F3N3OS. The van der Waals surface area contributed by atoms with Gasteiger partial charge in [0.25, 0.3) is 0 Å². The summed E-state index contributed by atoms with van der Waals surface area (Å²) in [5.41, 5.74) is 0.187. The monoisotopic (exact) mass is 479 g/mol. The molecule has 0 amide bonds. The number of allylic oxidation sites excluding steroid dienone is 5. The number of halogens is 3. The zero-order valence-electron chi connectivity index (χ0n) is 19.3. The molecule has 1 heterocycles. The normalized spacial score (nSPS) is 22.0. The van der Waals surface area contributed by atoms with Gasteiger partial charge in [0.05, 0.1) is 0 Å². The Balaban J connectivity index is 0.00000187. The summed E-state index contributed by atoms with van der Waals surface area (Å²) >= 11 is 1.36. The first-order valence-corrected chi connectivity index (χ1v) is 12.5. The number of alkyl halides is 3. The van der Waals surface area contributed by atoms with Crippen LogP contribution in [0.3, 0.4) is 0 Å². The van der Waals surface area contributed by atoms with Crippen LogP contribution in [-0.2, 0) is 4.79 Å². The van der Waals surface area contributed by atoms with E-state index in [1.807, 2.05) is 32.1 Å². The maximum atomic E-state index is 13.3. The lowest BCUT2D eigenvalue weighted by molar-refractivity contribution is -0.113. The largest absolute Gasteiger partial charge is 0.412 e. The van der Waals surface area contributed by atoms with E-state index in [1.165, 1.54) is 17.8 Å². The predicted octanol–water partition coefficient (Wildman–Crippen LogP) is 6.93. The van der Waals surface area contributed by atoms with Crippen LogP contribution >= 0.6 is 11.8 Å². The highest BCUT2D eigenvalue weighted by atomic mass is 32.2. The van der Waals surface area contributed by atoms with Gasteiger partial charge in [0, 0.05) is 17.8 Å². The molecule has 2 aliphatic carbocycles. The number of nitrogens with zero attached hydrogens (tertiary/aromatic N) is 2. The number of nitrogens with one attached hydrogen (secondary N) is 1. The van der Waals surface area contributed by atoms with Crippen molar-refractivity contribution in [3.05, 3.63) is 46.2 Å². The molecule has 0 aromatic carbocycles. The number of carbonyl (C=O) groups is 1. The van der Waals surface area contributed by atoms with Crippen LogP contribution in [0.15, 0.2) is 51.2 Å². The zero-order chi connectivity index (χ0) is 24.3. The number of ketones is 1. The summed E-state index contributed by atoms with van der Waals surface area (Å²) in [6.45, 7) is 4.00. The molecular weight excluding hydrogens is 447 g/mol. The topological polar surface area (TPSA) is 65.2 Å². The molecule has 0 saturated carbocycles. The van der Waals surface area contributed by atoms with Crippen LogP contribution < -0.4 is 5.32 Å². The summed E-state index contributed by atoms with van der Waals surface area (Å²) in [4.78, 5) is 18.1. The van der Waals surface area contributed by atoms with Gasteiger partial charge in [0.15, 0.2) is 0 Å². The van der Waals surface area contributed by atoms with Crippen LogP contribution in [0.1, 0.15) is 71.6 Å². The first-order valence-electron chi connectivity index (χ1n) is 11.6. The molecule has 8 heteroatoms. The Bertz CT molecular complexity index is 878. The lowest BCUT2D eigenvalue weighted by atomic mass is 10.0. The minimum Gasteiger partial charge on any atom is -0.364 e. The van der Waals surface area contributed by atoms with E-state index in [-0.39, 0.29) is 6.42 Å². The average molecular weight is 480 g/mol. The van der Waals surface area contributed by atoms with Crippen molar-refractivity contribution in [3.63, 3.8) is 0 Å². The molecule has 0 fully saturated rings. The average Bonchev–Trinajstić information content (AvgIpc) is 3.20. The molecule has 3 aliphatic rings. The zero-order valence-corrected chi connectivity index (χ0v) is 20.1. The molecule has 1 aliphatic heterocycles. The highest BCUT2D eigenvalue weighted by molar-refractivity contribution is 8.04. The van der Waals surface area contributed by atoms with Gasteiger partial charge in [0.2, 0.25) is 5.78 Å². The van der Waals surface area contributed by atoms with Gasteiger partial charge in [-0.2, -0.15) is 18.4 Å². The van der Waals surface area contributed by atoms with Crippen LogP contribution in [0.2, 0.25) is 0 Å². The van der Waals surface area contributed by atoms with Gasteiger partial charge in [-0.3, -0.25) is 4.79 Å². The number of thioether (sulfide) groups is 1.